The van der Waals surface area contributed by atoms with E-state index in [9.17, 15) is 18.0 Å². The van der Waals surface area contributed by atoms with Crippen molar-refractivity contribution in [1.82, 2.24) is 4.31 Å². The summed E-state index contributed by atoms with van der Waals surface area (Å²) in [5.41, 5.74) is 1.46. The Bertz CT molecular complexity index is 1080. The number of carbonyl (C=O) groups is 2. The molecule has 0 radical (unpaired) electrons. The molecule has 1 heterocycles. The standard InChI is InChI=1S/C24H31N3O5S/c1-4-27(5-2)33(30,31)20-13-14-22(26-15-9-10-16-26)21(17-20)24(29)32-18-23(28)25(3)19-11-7-6-8-12-19/h6-8,11-14,17H,4-5,9-10,15-16,18H2,1-3H3. The summed E-state index contributed by atoms with van der Waals surface area (Å²) in [5, 5.41) is 0. The Labute approximate surface area is 195 Å². The molecule has 2 aromatic carbocycles. The van der Waals surface area contributed by atoms with E-state index in [4.69, 9.17) is 4.74 Å². The molecular formula is C24H31N3O5S. The summed E-state index contributed by atoms with van der Waals surface area (Å²) < 4.78 is 32.7. The predicted molar refractivity (Wildman–Crippen MR) is 128 cm³/mol. The molecule has 0 aliphatic carbocycles. The van der Waals surface area contributed by atoms with Crippen molar-refractivity contribution < 1.29 is 22.7 Å². The van der Waals surface area contributed by atoms with Gasteiger partial charge in [-0.1, -0.05) is 32.0 Å². The van der Waals surface area contributed by atoms with Gasteiger partial charge in [-0.15, -0.1) is 0 Å². The molecule has 1 amide bonds. The normalized spacial score (nSPS) is 13.9. The fourth-order valence-corrected chi connectivity index (χ4v) is 5.37. The number of amides is 1. The summed E-state index contributed by atoms with van der Waals surface area (Å²) in [4.78, 5) is 29.1. The minimum Gasteiger partial charge on any atom is -0.452 e. The number of esters is 1. The molecule has 178 valence electrons. The summed E-state index contributed by atoms with van der Waals surface area (Å²) in [6.45, 7) is 5.29. The molecular weight excluding hydrogens is 442 g/mol. The molecule has 0 aromatic heterocycles. The van der Waals surface area contributed by atoms with Crippen LogP contribution in [-0.2, 0) is 19.6 Å². The zero-order valence-electron chi connectivity index (χ0n) is 19.4. The van der Waals surface area contributed by atoms with Gasteiger partial charge in [0.1, 0.15) is 0 Å². The Kier molecular flexibility index (Phi) is 8.10. The lowest BCUT2D eigenvalue weighted by atomic mass is 10.1. The van der Waals surface area contributed by atoms with Crippen molar-refractivity contribution in [1.29, 1.82) is 0 Å². The minimum absolute atomic E-state index is 0.0360. The topological polar surface area (TPSA) is 87.2 Å². The highest BCUT2D eigenvalue weighted by molar-refractivity contribution is 7.89. The number of sulfonamides is 1. The maximum absolute atomic E-state index is 13.0. The first-order valence-electron chi connectivity index (χ1n) is 11.2. The van der Waals surface area contributed by atoms with Crippen LogP contribution in [0.5, 0.6) is 0 Å². The van der Waals surface area contributed by atoms with E-state index >= 15 is 0 Å². The van der Waals surface area contributed by atoms with Crippen LogP contribution < -0.4 is 9.80 Å². The van der Waals surface area contributed by atoms with Crippen LogP contribution in [0.15, 0.2) is 53.4 Å². The maximum Gasteiger partial charge on any atom is 0.340 e. The number of carbonyl (C=O) groups excluding carboxylic acids is 2. The monoisotopic (exact) mass is 473 g/mol. The quantitative estimate of drug-likeness (QED) is 0.520. The first-order valence-corrected chi connectivity index (χ1v) is 12.6. The van der Waals surface area contributed by atoms with Crippen molar-refractivity contribution in [3.63, 3.8) is 0 Å². The van der Waals surface area contributed by atoms with Crippen molar-refractivity contribution in [2.45, 2.75) is 31.6 Å². The highest BCUT2D eigenvalue weighted by Crippen LogP contribution is 2.29. The molecule has 1 fully saturated rings. The van der Waals surface area contributed by atoms with Gasteiger partial charge in [0.2, 0.25) is 10.0 Å². The number of para-hydroxylation sites is 1. The van der Waals surface area contributed by atoms with Gasteiger partial charge in [0.15, 0.2) is 6.61 Å². The number of ether oxygens (including phenoxy) is 1. The van der Waals surface area contributed by atoms with Crippen LogP contribution in [0.25, 0.3) is 0 Å². The lowest BCUT2D eigenvalue weighted by Crippen LogP contribution is -2.32. The van der Waals surface area contributed by atoms with Gasteiger partial charge in [0.05, 0.1) is 16.1 Å². The number of nitrogens with zero attached hydrogens (tertiary/aromatic N) is 3. The van der Waals surface area contributed by atoms with Gasteiger partial charge in [0, 0.05) is 38.9 Å². The number of likely N-dealkylation sites (N-methyl/N-ethyl adjacent to an activating group) is 1. The fraction of sp³-hybridized carbons (Fsp3) is 0.417. The van der Waals surface area contributed by atoms with Crippen molar-refractivity contribution in [3.05, 3.63) is 54.1 Å². The van der Waals surface area contributed by atoms with Gasteiger partial charge in [-0.3, -0.25) is 4.79 Å². The Morgan fingerprint density at radius 1 is 1.00 bits per heavy atom. The molecule has 0 spiro atoms. The molecule has 8 nitrogen and oxygen atoms in total. The Balaban J connectivity index is 1.85. The third-order valence-electron chi connectivity index (χ3n) is 5.82. The van der Waals surface area contributed by atoms with E-state index in [0.717, 1.165) is 25.9 Å². The average molecular weight is 474 g/mol. The van der Waals surface area contributed by atoms with E-state index in [1.165, 1.54) is 21.3 Å². The zero-order valence-corrected chi connectivity index (χ0v) is 20.2. The van der Waals surface area contributed by atoms with Crippen LogP contribution in [0.4, 0.5) is 11.4 Å². The van der Waals surface area contributed by atoms with E-state index in [1.807, 2.05) is 23.1 Å². The van der Waals surface area contributed by atoms with E-state index in [-0.39, 0.29) is 16.4 Å². The number of hydrogen-bond acceptors (Lipinski definition) is 6. The van der Waals surface area contributed by atoms with Gasteiger partial charge < -0.3 is 14.5 Å². The largest absolute Gasteiger partial charge is 0.452 e. The van der Waals surface area contributed by atoms with Gasteiger partial charge in [0.25, 0.3) is 5.91 Å². The van der Waals surface area contributed by atoms with Gasteiger partial charge in [-0.05, 0) is 43.2 Å². The molecule has 33 heavy (non-hydrogen) atoms. The van der Waals surface area contributed by atoms with Crippen molar-refractivity contribution in [2.24, 2.45) is 0 Å². The molecule has 0 saturated carbocycles. The number of anilines is 2. The lowest BCUT2D eigenvalue weighted by molar-refractivity contribution is -0.121. The average Bonchev–Trinajstić information content (AvgIpc) is 3.37. The summed E-state index contributed by atoms with van der Waals surface area (Å²) in [7, 11) is -2.14. The van der Waals surface area contributed by atoms with E-state index < -0.39 is 22.6 Å². The van der Waals surface area contributed by atoms with Crippen molar-refractivity contribution in [2.75, 3.05) is 49.6 Å². The smallest absolute Gasteiger partial charge is 0.340 e. The van der Waals surface area contributed by atoms with Crippen LogP contribution in [0, 0.1) is 0 Å². The molecule has 0 unspecified atom stereocenters. The van der Waals surface area contributed by atoms with Crippen LogP contribution in [0.1, 0.15) is 37.0 Å². The van der Waals surface area contributed by atoms with Crippen LogP contribution in [0.2, 0.25) is 0 Å². The van der Waals surface area contributed by atoms with E-state index in [2.05, 4.69) is 0 Å². The molecule has 0 atom stereocenters. The molecule has 0 bridgehead atoms. The van der Waals surface area contributed by atoms with Gasteiger partial charge >= 0.3 is 5.97 Å². The fourth-order valence-electron chi connectivity index (χ4n) is 3.88. The highest BCUT2D eigenvalue weighted by atomic mass is 32.2. The van der Waals surface area contributed by atoms with E-state index in [0.29, 0.717) is 24.5 Å². The molecule has 3 rings (SSSR count). The van der Waals surface area contributed by atoms with Gasteiger partial charge in [-0.25, -0.2) is 13.2 Å². The van der Waals surface area contributed by atoms with Crippen LogP contribution >= 0.6 is 0 Å². The molecule has 1 aliphatic rings. The van der Waals surface area contributed by atoms with Gasteiger partial charge in [-0.2, -0.15) is 4.31 Å². The maximum atomic E-state index is 13.0. The van der Waals surface area contributed by atoms with Crippen LogP contribution in [0.3, 0.4) is 0 Å². The van der Waals surface area contributed by atoms with Crippen molar-refractivity contribution >= 4 is 33.3 Å². The molecule has 0 N–H and O–H groups in total. The molecule has 2 aromatic rings. The summed E-state index contributed by atoms with van der Waals surface area (Å²) in [6.07, 6.45) is 1.99. The molecule has 1 aliphatic heterocycles. The second-order valence-corrected chi connectivity index (χ2v) is 9.76. The number of rotatable bonds is 9. The SMILES string of the molecule is CCN(CC)S(=O)(=O)c1ccc(N2CCCC2)c(C(=O)OCC(=O)N(C)c2ccccc2)c1. The highest BCUT2D eigenvalue weighted by Gasteiger charge is 2.27. The summed E-state index contributed by atoms with van der Waals surface area (Å²) >= 11 is 0. The third kappa shape index (κ3) is 5.54. The molecule has 9 heteroatoms. The lowest BCUT2D eigenvalue weighted by Gasteiger charge is -2.23. The second-order valence-electron chi connectivity index (χ2n) is 7.83. The first kappa shape index (κ1) is 24.7. The second kappa shape index (κ2) is 10.8. The summed E-state index contributed by atoms with van der Waals surface area (Å²) in [6, 6.07) is 13.6. The van der Waals surface area contributed by atoms with E-state index in [1.54, 1.807) is 39.1 Å². The summed E-state index contributed by atoms with van der Waals surface area (Å²) in [5.74, 6) is -1.10. The Morgan fingerprint density at radius 2 is 1.64 bits per heavy atom. The third-order valence-corrected chi connectivity index (χ3v) is 7.87. The predicted octanol–water partition coefficient (Wildman–Crippen LogP) is 3.14. The number of hydrogen-bond donors (Lipinski definition) is 0. The first-order chi connectivity index (χ1) is 15.8. The number of benzene rings is 2. The van der Waals surface area contributed by atoms with Crippen LogP contribution in [-0.4, -0.2) is 64.4 Å². The minimum atomic E-state index is -3.75. The Morgan fingerprint density at radius 3 is 2.24 bits per heavy atom. The Hall–Kier alpha value is -2.91. The molecule has 1 saturated heterocycles. The van der Waals surface area contributed by atoms with Crippen molar-refractivity contribution in [3.8, 4) is 0 Å². The zero-order chi connectivity index (χ0) is 24.0.